The fraction of sp³-hybridized carbons (Fsp3) is 0.529. The minimum absolute atomic E-state index is 0.185. The van der Waals surface area contributed by atoms with Crippen LogP contribution in [0.3, 0.4) is 0 Å². The Bertz CT molecular complexity index is 931. The Kier molecular flexibility index (Phi) is 3.65. The van der Waals surface area contributed by atoms with Crippen molar-refractivity contribution in [1.82, 2.24) is 35.1 Å². The highest BCUT2D eigenvalue weighted by molar-refractivity contribution is 5.49. The molecular weight excluding hydrogens is 334 g/mol. The summed E-state index contributed by atoms with van der Waals surface area (Å²) in [6.07, 6.45) is 7.77. The van der Waals surface area contributed by atoms with Crippen molar-refractivity contribution < 1.29 is 9.26 Å². The lowest BCUT2D eigenvalue weighted by atomic mass is 9.87. The smallest absolute Gasteiger partial charge is 0.230 e. The van der Waals surface area contributed by atoms with Gasteiger partial charge in [-0.15, -0.1) is 5.10 Å². The van der Waals surface area contributed by atoms with Crippen LogP contribution in [0.25, 0.3) is 11.5 Å². The molecule has 0 aliphatic heterocycles. The van der Waals surface area contributed by atoms with Gasteiger partial charge in [-0.1, -0.05) is 10.4 Å². The van der Waals surface area contributed by atoms with Crippen molar-refractivity contribution in [3.63, 3.8) is 0 Å². The predicted molar refractivity (Wildman–Crippen MR) is 89.6 cm³/mol. The van der Waals surface area contributed by atoms with Crippen LogP contribution in [0.2, 0.25) is 0 Å². The number of hydrogen-bond acceptors (Lipinski definition) is 8. The zero-order chi connectivity index (χ0) is 17.5. The molecule has 0 aromatic carbocycles. The van der Waals surface area contributed by atoms with Crippen LogP contribution in [0.4, 0.5) is 0 Å². The van der Waals surface area contributed by atoms with E-state index in [9.17, 15) is 0 Å². The van der Waals surface area contributed by atoms with Crippen LogP contribution in [0.1, 0.15) is 54.9 Å². The number of methoxy groups -OCH3 is 1. The molecular formula is C17H19N7O2. The highest BCUT2D eigenvalue weighted by Gasteiger charge is 2.32. The van der Waals surface area contributed by atoms with Gasteiger partial charge in [0.05, 0.1) is 24.5 Å². The highest BCUT2D eigenvalue weighted by Crippen LogP contribution is 2.37. The topological polar surface area (TPSA) is 105 Å². The summed E-state index contributed by atoms with van der Waals surface area (Å²) >= 11 is 0. The summed E-state index contributed by atoms with van der Waals surface area (Å²) in [7, 11) is 1.56. The highest BCUT2D eigenvalue weighted by atomic mass is 16.5. The number of hydrogen-bond donors (Lipinski definition) is 0. The maximum absolute atomic E-state index is 5.55. The maximum atomic E-state index is 5.55. The first-order valence-corrected chi connectivity index (χ1v) is 8.95. The van der Waals surface area contributed by atoms with E-state index in [2.05, 4.69) is 35.1 Å². The van der Waals surface area contributed by atoms with Crippen molar-refractivity contribution in [1.29, 1.82) is 0 Å². The van der Waals surface area contributed by atoms with Gasteiger partial charge in [-0.25, -0.2) is 14.6 Å². The molecule has 9 nitrogen and oxygen atoms in total. The second-order valence-corrected chi connectivity index (χ2v) is 6.85. The van der Waals surface area contributed by atoms with Crippen molar-refractivity contribution in [2.75, 3.05) is 7.11 Å². The van der Waals surface area contributed by atoms with E-state index in [1.807, 2.05) is 0 Å². The van der Waals surface area contributed by atoms with Crippen molar-refractivity contribution in [2.45, 2.75) is 50.5 Å². The van der Waals surface area contributed by atoms with E-state index in [0.29, 0.717) is 29.3 Å². The summed E-state index contributed by atoms with van der Waals surface area (Å²) in [5.41, 5.74) is 2.94. The van der Waals surface area contributed by atoms with E-state index in [1.54, 1.807) is 13.2 Å². The molecule has 1 saturated carbocycles. The number of rotatable bonds is 4. The van der Waals surface area contributed by atoms with Crippen LogP contribution >= 0.6 is 0 Å². The Balaban J connectivity index is 1.39. The second kappa shape index (κ2) is 6.15. The van der Waals surface area contributed by atoms with Gasteiger partial charge in [-0.05, 0) is 32.1 Å². The van der Waals surface area contributed by atoms with Crippen LogP contribution in [0.15, 0.2) is 16.9 Å². The second-order valence-electron chi connectivity index (χ2n) is 6.85. The Morgan fingerprint density at radius 3 is 2.96 bits per heavy atom. The van der Waals surface area contributed by atoms with Gasteiger partial charge in [0.2, 0.25) is 17.6 Å². The molecule has 3 aromatic heterocycles. The summed E-state index contributed by atoms with van der Waals surface area (Å²) in [6.45, 7) is 0. The monoisotopic (exact) mass is 353 g/mol. The van der Waals surface area contributed by atoms with Gasteiger partial charge in [-0.3, -0.25) is 0 Å². The molecule has 1 atom stereocenters. The third-order valence-corrected chi connectivity index (χ3v) is 5.33. The van der Waals surface area contributed by atoms with Crippen LogP contribution in [-0.2, 0) is 12.8 Å². The quantitative estimate of drug-likeness (QED) is 0.702. The molecule has 9 heteroatoms. The zero-order valence-electron chi connectivity index (χ0n) is 14.5. The molecule has 0 spiro atoms. The summed E-state index contributed by atoms with van der Waals surface area (Å²) in [5.74, 6) is 1.76. The van der Waals surface area contributed by atoms with E-state index < -0.39 is 0 Å². The lowest BCUT2D eigenvalue weighted by Gasteiger charge is -2.28. The Morgan fingerprint density at radius 1 is 1.23 bits per heavy atom. The molecule has 0 N–H and O–H groups in total. The van der Waals surface area contributed by atoms with E-state index in [1.165, 1.54) is 31.3 Å². The van der Waals surface area contributed by atoms with E-state index in [4.69, 9.17) is 9.26 Å². The Hall–Kier alpha value is -2.84. The van der Waals surface area contributed by atoms with Crippen LogP contribution in [-0.4, -0.2) is 42.2 Å². The third kappa shape index (κ3) is 2.54. The fourth-order valence-corrected chi connectivity index (χ4v) is 3.61. The number of aromatic nitrogens is 7. The lowest BCUT2D eigenvalue weighted by Crippen LogP contribution is -2.23. The molecule has 2 aliphatic carbocycles. The van der Waals surface area contributed by atoms with Gasteiger partial charge in [0.25, 0.3) is 0 Å². The van der Waals surface area contributed by atoms with E-state index in [-0.39, 0.29) is 5.92 Å². The number of fused-ring (bicyclic) bond motifs is 1. The molecule has 0 radical (unpaired) electrons. The van der Waals surface area contributed by atoms with E-state index in [0.717, 1.165) is 25.0 Å². The number of ether oxygens (including phenoxy) is 1. The Labute approximate surface area is 149 Å². The summed E-state index contributed by atoms with van der Waals surface area (Å²) in [6, 6.07) is 2.21. The summed E-state index contributed by atoms with van der Waals surface area (Å²) in [4.78, 5) is 12.8. The largest absolute Gasteiger partial charge is 0.481 e. The molecule has 3 aromatic rings. The van der Waals surface area contributed by atoms with Crippen molar-refractivity contribution in [2.24, 2.45) is 0 Å². The van der Waals surface area contributed by atoms with E-state index >= 15 is 0 Å². The third-order valence-electron chi connectivity index (χ3n) is 5.33. The van der Waals surface area contributed by atoms with Crippen LogP contribution < -0.4 is 4.74 Å². The minimum atomic E-state index is 0.185. The molecule has 2 aliphatic rings. The predicted octanol–water partition coefficient (Wildman–Crippen LogP) is 2.12. The average Bonchev–Trinajstić information content (AvgIpc) is 3.28. The maximum Gasteiger partial charge on any atom is 0.230 e. The van der Waals surface area contributed by atoms with Gasteiger partial charge in [0, 0.05) is 18.4 Å². The van der Waals surface area contributed by atoms with Crippen molar-refractivity contribution in [3.8, 4) is 17.4 Å². The zero-order valence-corrected chi connectivity index (χ0v) is 14.5. The van der Waals surface area contributed by atoms with Crippen molar-refractivity contribution >= 4 is 0 Å². The minimum Gasteiger partial charge on any atom is -0.481 e. The van der Waals surface area contributed by atoms with Crippen LogP contribution in [0.5, 0.6) is 5.88 Å². The first-order valence-electron chi connectivity index (χ1n) is 8.95. The number of nitrogens with zero attached hydrogens (tertiary/aromatic N) is 7. The van der Waals surface area contributed by atoms with Gasteiger partial charge in [-0.2, -0.15) is 4.98 Å². The molecule has 5 rings (SSSR count). The fourth-order valence-electron chi connectivity index (χ4n) is 3.61. The molecule has 3 heterocycles. The molecule has 0 amide bonds. The molecule has 0 saturated heterocycles. The molecule has 134 valence electrons. The molecule has 1 fully saturated rings. The average molecular weight is 353 g/mol. The molecule has 26 heavy (non-hydrogen) atoms. The van der Waals surface area contributed by atoms with Crippen molar-refractivity contribution in [3.05, 3.63) is 29.7 Å². The standard InChI is InChI=1S/C17H19N7O2/c1-25-15-8-13(18-9-19-15)16-20-17(26-22-16)10-5-6-12-14(7-10)24(23-21-12)11-3-2-4-11/h8-11H,2-7H2,1H3. The molecule has 0 bridgehead atoms. The van der Waals surface area contributed by atoms with Gasteiger partial charge in [0.1, 0.15) is 12.0 Å². The van der Waals surface area contributed by atoms with Gasteiger partial charge < -0.3 is 9.26 Å². The first kappa shape index (κ1) is 15.4. The molecule has 1 unspecified atom stereocenters. The number of aryl methyl sites for hydroxylation is 1. The normalized spacial score (nSPS) is 19.8. The van der Waals surface area contributed by atoms with Crippen LogP contribution in [0, 0.1) is 0 Å². The van der Waals surface area contributed by atoms with Gasteiger partial charge >= 0.3 is 0 Å². The SMILES string of the molecule is COc1cc(-c2noc(C3CCc4nnn(C5CCC5)c4C3)n2)ncn1. The first-order chi connectivity index (χ1) is 12.8. The summed E-state index contributed by atoms with van der Waals surface area (Å²) in [5, 5.41) is 12.9. The van der Waals surface area contributed by atoms with Gasteiger partial charge in [0.15, 0.2) is 0 Å². The Morgan fingerprint density at radius 2 is 2.15 bits per heavy atom. The lowest BCUT2D eigenvalue weighted by molar-refractivity contribution is 0.271. The summed E-state index contributed by atoms with van der Waals surface area (Å²) < 4.78 is 12.8.